The Morgan fingerprint density at radius 1 is 1.30 bits per heavy atom. The number of rotatable bonds is 4. The Hall–Kier alpha value is -1.55. The van der Waals surface area contributed by atoms with Crippen LogP contribution in [0.1, 0.15) is 38.7 Å². The summed E-state index contributed by atoms with van der Waals surface area (Å²) in [5.74, 6) is 0.428. The van der Waals surface area contributed by atoms with Crippen LogP contribution in [0.25, 0.3) is 0 Å². The van der Waals surface area contributed by atoms with E-state index >= 15 is 0 Å². The predicted octanol–water partition coefficient (Wildman–Crippen LogP) is 3.59. The van der Waals surface area contributed by atoms with Crippen LogP contribution in [0, 0.1) is 18.8 Å². The minimum atomic E-state index is -0.0346. The molecule has 0 saturated carbocycles. The number of amides is 1. The van der Waals surface area contributed by atoms with E-state index in [1.165, 1.54) is 18.5 Å². The van der Waals surface area contributed by atoms with Crippen LogP contribution >= 0.6 is 0 Å². The molecule has 4 heteroatoms. The van der Waals surface area contributed by atoms with E-state index in [9.17, 15) is 4.79 Å². The third kappa shape index (κ3) is 3.52. The smallest absolute Gasteiger partial charge is 0.230 e. The predicted molar refractivity (Wildman–Crippen MR) is 93.9 cm³/mol. The minimum Gasteiger partial charge on any atom is -0.377 e. The number of aryl methyl sites for hydroxylation is 1. The van der Waals surface area contributed by atoms with E-state index in [2.05, 4.69) is 43.1 Å². The number of anilines is 2. The van der Waals surface area contributed by atoms with Crippen molar-refractivity contribution in [2.75, 3.05) is 29.9 Å². The zero-order valence-electron chi connectivity index (χ0n) is 14.5. The normalized spacial score (nSPS) is 24.4. The number of carbonyl (C=O) groups excluding carboxylic acids is 1. The molecule has 2 saturated heterocycles. The summed E-state index contributed by atoms with van der Waals surface area (Å²) in [6, 6.07) is 6.35. The first kappa shape index (κ1) is 16.3. The molecule has 1 amide bonds. The molecule has 0 spiro atoms. The lowest BCUT2D eigenvalue weighted by molar-refractivity contribution is -0.122. The van der Waals surface area contributed by atoms with Gasteiger partial charge in [-0.15, -0.1) is 0 Å². The summed E-state index contributed by atoms with van der Waals surface area (Å²) in [7, 11) is 0. The molecule has 2 aliphatic rings. The molecule has 126 valence electrons. The van der Waals surface area contributed by atoms with Crippen LogP contribution in [0.3, 0.4) is 0 Å². The van der Waals surface area contributed by atoms with Crippen LogP contribution in [0.4, 0.5) is 11.4 Å². The quantitative estimate of drug-likeness (QED) is 0.923. The van der Waals surface area contributed by atoms with Gasteiger partial charge in [0.15, 0.2) is 0 Å². The zero-order valence-corrected chi connectivity index (χ0v) is 14.5. The van der Waals surface area contributed by atoms with Gasteiger partial charge in [-0.2, -0.15) is 0 Å². The maximum atomic E-state index is 12.6. The number of benzene rings is 1. The highest BCUT2D eigenvalue weighted by molar-refractivity contribution is 5.94. The van der Waals surface area contributed by atoms with Gasteiger partial charge in [0.2, 0.25) is 5.91 Å². The largest absolute Gasteiger partial charge is 0.377 e. The lowest BCUT2D eigenvalue weighted by Gasteiger charge is -2.22. The van der Waals surface area contributed by atoms with E-state index < -0.39 is 0 Å². The van der Waals surface area contributed by atoms with Gasteiger partial charge in [0.25, 0.3) is 0 Å². The van der Waals surface area contributed by atoms with Crippen LogP contribution < -0.4 is 10.2 Å². The highest BCUT2D eigenvalue weighted by Crippen LogP contribution is 2.30. The first-order valence-corrected chi connectivity index (χ1v) is 8.84. The van der Waals surface area contributed by atoms with Crippen molar-refractivity contribution < 1.29 is 9.53 Å². The van der Waals surface area contributed by atoms with Crippen molar-refractivity contribution in [3.05, 3.63) is 23.8 Å². The molecule has 1 N–H and O–H groups in total. The second-order valence-electron chi connectivity index (χ2n) is 7.16. The summed E-state index contributed by atoms with van der Waals surface area (Å²) in [5.41, 5.74) is 3.32. The number of nitrogens with zero attached hydrogens (tertiary/aromatic N) is 1. The SMILES string of the molecule is Cc1cc(N2CCCC2)ccc1NC(=O)[C@H]1CCO[C@H]1C(C)C. The summed E-state index contributed by atoms with van der Waals surface area (Å²) in [5, 5.41) is 3.12. The Bertz CT molecular complexity index is 564. The molecule has 23 heavy (non-hydrogen) atoms. The van der Waals surface area contributed by atoms with Crippen LogP contribution in [0.2, 0.25) is 0 Å². The van der Waals surface area contributed by atoms with Gasteiger partial charge < -0.3 is 15.0 Å². The summed E-state index contributed by atoms with van der Waals surface area (Å²) in [4.78, 5) is 15.0. The van der Waals surface area contributed by atoms with Crippen molar-refractivity contribution in [3.63, 3.8) is 0 Å². The first-order valence-electron chi connectivity index (χ1n) is 8.84. The van der Waals surface area contributed by atoms with Crippen LogP contribution in [-0.2, 0) is 9.53 Å². The summed E-state index contributed by atoms with van der Waals surface area (Å²) >= 11 is 0. The molecule has 0 unspecified atom stereocenters. The molecule has 0 bridgehead atoms. The molecule has 1 aromatic rings. The van der Waals surface area contributed by atoms with Gasteiger partial charge in [-0.1, -0.05) is 13.8 Å². The van der Waals surface area contributed by atoms with Crippen molar-refractivity contribution >= 4 is 17.3 Å². The average Bonchev–Trinajstić information content (AvgIpc) is 3.20. The fourth-order valence-corrected chi connectivity index (χ4v) is 3.73. The molecule has 4 nitrogen and oxygen atoms in total. The molecule has 0 aromatic heterocycles. The number of hydrogen-bond acceptors (Lipinski definition) is 3. The Labute approximate surface area is 139 Å². The van der Waals surface area contributed by atoms with Gasteiger partial charge >= 0.3 is 0 Å². The highest BCUT2D eigenvalue weighted by atomic mass is 16.5. The molecular formula is C19H28N2O2. The molecule has 2 fully saturated rings. The molecule has 3 rings (SSSR count). The van der Waals surface area contributed by atoms with Crippen molar-refractivity contribution in [1.82, 2.24) is 0 Å². The van der Waals surface area contributed by atoms with Crippen LogP contribution in [-0.4, -0.2) is 31.7 Å². The second-order valence-corrected chi connectivity index (χ2v) is 7.16. The number of ether oxygens (including phenoxy) is 1. The summed E-state index contributed by atoms with van der Waals surface area (Å²) < 4.78 is 5.74. The van der Waals surface area contributed by atoms with Crippen LogP contribution in [0.15, 0.2) is 18.2 Å². The van der Waals surface area contributed by atoms with Crippen molar-refractivity contribution in [2.45, 2.75) is 46.1 Å². The molecule has 2 heterocycles. The summed E-state index contributed by atoms with van der Waals surface area (Å²) in [6.45, 7) is 9.27. The third-order valence-electron chi connectivity index (χ3n) is 5.07. The number of carbonyl (C=O) groups is 1. The third-order valence-corrected chi connectivity index (χ3v) is 5.07. The monoisotopic (exact) mass is 316 g/mol. The number of hydrogen-bond donors (Lipinski definition) is 1. The minimum absolute atomic E-state index is 0.0346. The maximum absolute atomic E-state index is 12.6. The van der Waals surface area contributed by atoms with Crippen molar-refractivity contribution in [3.8, 4) is 0 Å². The van der Waals surface area contributed by atoms with E-state index in [1.807, 2.05) is 6.07 Å². The molecule has 2 atom stereocenters. The molecule has 1 aromatic carbocycles. The Balaban J connectivity index is 1.68. The Morgan fingerprint density at radius 2 is 2.04 bits per heavy atom. The maximum Gasteiger partial charge on any atom is 0.230 e. The highest BCUT2D eigenvalue weighted by Gasteiger charge is 2.36. The average molecular weight is 316 g/mol. The zero-order chi connectivity index (χ0) is 16.4. The molecular weight excluding hydrogens is 288 g/mol. The number of nitrogens with one attached hydrogen (secondary N) is 1. The van der Waals surface area contributed by atoms with Gasteiger partial charge in [0, 0.05) is 31.1 Å². The molecule has 0 radical (unpaired) electrons. The molecule has 2 aliphatic heterocycles. The van der Waals surface area contributed by atoms with Crippen molar-refractivity contribution in [1.29, 1.82) is 0 Å². The Kier molecular flexibility index (Phi) is 4.90. The Morgan fingerprint density at radius 3 is 2.70 bits per heavy atom. The van der Waals surface area contributed by atoms with Gasteiger partial charge in [0.05, 0.1) is 12.0 Å². The van der Waals surface area contributed by atoms with Gasteiger partial charge in [0.1, 0.15) is 0 Å². The van der Waals surface area contributed by atoms with E-state index in [1.54, 1.807) is 0 Å². The van der Waals surface area contributed by atoms with E-state index in [0.29, 0.717) is 12.5 Å². The van der Waals surface area contributed by atoms with Gasteiger partial charge in [-0.05, 0) is 55.9 Å². The first-order chi connectivity index (χ1) is 11.1. The topological polar surface area (TPSA) is 41.6 Å². The second kappa shape index (κ2) is 6.91. The van der Waals surface area contributed by atoms with E-state index in [4.69, 9.17) is 4.74 Å². The standard InChI is InChI=1S/C19H28N2O2/c1-13(2)18-16(8-11-23-18)19(22)20-17-7-6-15(12-14(17)3)21-9-4-5-10-21/h6-7,12-13,16,18H,4-5,8-11H2,1-3H3,(H,20,22)/t16-,18-/m0/s1. The van der Waals surface area contributed by atoms with Crippen LogP contribution in [0.5, 0.6) is 0 Å². The van der Waals surface area contributed by atoms with E-state index in [-0.39, 0.29) is 17.9 Å². The van der Waals surface area contributed by atoms with Gasteiger partial charge in [-0.3, -0.25) is 4.79 Å². The van der Waals surface area contributed by atoms with E-state index in [0.717, 1.165) is 30.8 Å². The van der Waals surface area contributed by atoms with Crippen molar-refractivity contribution in [2.24, 2.45) is 11.8 Å². The molecule has 0 aliphatic carbocycles. The summed E-state index contributed by atoms with van der Waals surface area (Å²) in [6.07, 6.45) is 3.41. The fourth-order valence-electron chi connectivity index (χ4n) is 3.73. The fraction of sp³-hybridized carbons (Fsp3) is 0.632. The van der Waals surface area contributed by atoms with Gasteiger partial charge in [-0.25, -0.2) is 0 Å². The lowest BCUT2D eigenvalue weighted by Crippen LogP contribution is -2.33. The lowest BCUT2D eigenvalue weighted by atomic mass is 9.92.